The number of hydrogen-bond donors (Lipinski definition) is 2. The van der Waals surface area contributed by atoms with Crippen LogP contribution in [-0.2, 0) is 16.6 Å². The molecule has 98 valence electrons. The maximum Gasteiger partial charge on any atom is 0.252 e. The van der Waals surface area contributed by atoms with Crippen molar-refractivity contribution in [1.82, 2.24) is 9.71 Å². The topological polar surface area (TPSA) is 85.1 Å². The predicted octanol–water partition coefficient (Wildman–Crippen LogP) is 1.88. The van der Waals surface area contributed by atoms with Crippen molar-refractivity contribution in [2.45, 2.75) is 24.6 Å². The zero-order valence-corrected chi connectivity index (χ0v) is 12.4. The monoisotopic (exact) mass is 303 g/mol. The summed E-state index contributed by atoms with van der Waals surface area (Å²) in [5.41, 5.74) is 7.03. The van der Waals surface area contributed by atoms with Gasteiger partial charge >= 0.3 is 0 Å². The molecule has 8 heteroatoms. The van der Waals surface area contributed by atoms with Crippen molar-refractivity contribution in [2.75, 3.05) is 5.73 Å². The van der Waals surface area contributed by atoms with Crippen molar-refractivity contribution in [3.8, 4) is 0 Å². The Morgan fingerprint density at radius 1 is 1.44 bits per heavy atom. The van der Waals surface area contributed by atoms with Crippen LogP contribution >= 0.6 is 22.7 Å². The van der Waals surface area contributed by atoms with Crippen molar-refractivity contribution in [2.24, 2.45) is 0 Å². The highest BCUT2D eigenvalue weighted by molar-refractivity contribution is 7.91. The molecule has 0 fully saturated rings. The van der Waals surface area contributed by atoms with E-state index in [-0.39, 0.29) is 9.34 Å². The van der Waals surface area contributed by atoms with Crippen LogP contribution in [0.25, 0.3) is 0 Å². The van der Waals surface area contributed by atoms with Gasteiger partial charge in [-0.25, -0.2) is 18.1 Å². The number of nitrogen functional groups attached to an aromatic ring is 1. The van der Waals surface area contributed by atoms with E-state index < -0.39 is 10.0 Å². The minimum absolute atomic E-state index is 0.189. The van der Waals surface area contributed by atoms with E-state index in [4.69, 9.17) is 5.73 Å². The van der Waals surface area contributed by atoms with E-state index >= 15 is 0 Å². The van der Waals surface area contributed by atoms with Crippen LogP contribution in [0.3, 0.4) is 0 Å². The van der Waals surface area contributed by atoms with Crippen molar-refractivity contribution in [1.29, 1.82) is 0 Å². The van der Waals surface area contributed by atoms with Gasteiger partial charge in [-0.3, -0.25) is 0 Å². The molecule has 0 saturated heterocycles. The van der Waals surface area contributed by atoms with E-state index in [1.54, 1.807) is 6.92 Å². The van der Waals surface area contributed by atoms with E-state index in [2.05, 4.69) is 9.71 Å². The van der Waals surface area contributed by atoms with Gasteiger partial charge in [-0.15, -0.1) is 11.3 Å². The summed E-state index contributed by atoms with van der Waals surface area (Å²) in [7, 11) is -3.53. The van der Waals surface area contributed by atoms with E-state index in [0.717, 1.165) is 21.8 Å². The predicted molar refractivity (Wildman–Crippen MR) is 74.3 cm³/mol. The van der Waals surface area contributed by atoms with Gasteiger partial charge in [0.2, 0.25) is 0 Å². The van der Waals surface area contributed by atoms with Crippen molar-refractivity contribution >= 4 is 37.8 Å². The van der Waals surface area contributed by atoms with Gasteiger partial charge in [-0.05, 0) is 30.9 Å². The molecule has 0 atom stereocenters. The highest BCUT2D eigenvalue weighted by Gasteiger charge is 2.21. The van der Waals surface area contributed by atoms with Gasteiger partial charge in [0, 0.05) is 11.4 Å². The smallest absolute Gasteiger partial charge is 0.252 e. The van der Waals surface area contributed by atoms with Crippen LogP contribution < -0.4 is 10.5 Å². The second-order valence-electron chi connectivity index (χ2n) is 3.78. The Kier molecular flexibility index (Phi) is 3.71. The van der Waals surface area contributed by atoms with Gasteiger partial charge in [0.25, 0.3) is 10.0 Å². The number of aryl methyl sites for hydroxylation is 2. The average molecular weight is 303 g/mol. The third-order valence-electron chi connectivity index (χ3n) is 2.41. The Hall–Kier alpha value is -0.960. The number of hydrogen-bond acceptors (Lipinski definition) is 6. The Bertz CT molecular complexity index is 658. The molecule has 0 saturated carbocycles. The third kappa shape index (κ3) is 2.72. The maximum absolute atomic E-state index is 12.1. The largest absolute Gasteiger partial charge is 0.375 e. The first-order valence-corrected chi connectivity index (χ1v) is 8.33. The molecule has 0 aliphatic rings. The van der Waals surface area contributed by atoms with Gasteiger partial charge in [0.1, 0.15) is 0 Å². The van der Waals surface area contributed by atoms with Gasteiger partial charge in [0.05, 0.1) is 5.69 Å². The lowest BCUT2D eigenvalue weighted by atomic mass is 10.3. The Morgan fingerprint density at radius 2 is 2.17 bits per heavy atom. The number of nitrogens with zero attached hydrogens (tertiary/aromatic N) is 1. The summed E-state index contributed by atoms with van der Waals surface area (Å²) in [6.45, 7) is 3.89. The van der Waals surface area contributed by atoms with Gasteiger partial charge in [-0.1, -0.05) is 11.3 Å². The molecular weight excluding hydrogens is 290 g/mol. The summed E-state index contributed by atoms with van der Waals surface area (Å²) in [5, 5.41) is 2.20. The summed E-state index contributed by atoms with van der Waals surface area (Å²) in [6, 6.07) is 1.96. The Labute approximate surface area is 114 Å². The molecule has 3 N–H and O–H groups in total. The molecule has 5 nitrogen and oxygen atoms in total. The lowest BCUT2D eigenvalue weighted by molar-refractivity contribution is 0.583. The third-order valence-corrected chi connectivity index (χ3v) is 6.43. The van der Waals surface area contributed by atoms with Gasteiger partial charge in [0.15, 0.2) is 9.34 Å². The first kappa shape index (κ1) is 13.5. The van der Waals surface area contributed by atoms with Crippen LogP contribution in [0, 0.1) is 13.8 Å². The molecule has 0 aromatic carbocycles. The highest BCUT2D eigenvalue weighted by Crippen LogP contribution is 2.25. The molecule has 2 aromatic rings. The molecule has 2 heterocycles. The summed E-state index contributed by atoms with van der Waals surface area (Å²) < 4.78 is 26.9. The molecule has 2 aromatic heterocycles. The van der Waals surface area contributed by atoms with Crippen LogP contribution in [0.5, 0.6) is 0 Å². The molecule has 2 rings (SSSR count). The second-order valence-corrected chi connectivity index (χ2v) is 7.77. The summed E-state index contributed by atoms with van der Waals surface area (Å²) in [4.78, 5) is 4.93. The normalized spacial score (nSPS) is 11.9. The van der Waals surface area contributed by atoms with Crippen LogP contribution in [0.2, 0.25) is 0 Å². The van der Waals surface area contributed by atoms with Crippen LogP contribution in [0.1, 0.15) is 16.1 Å². The number of sulfonamides is 1. The number of thiophene rings is 1. The molecular formula is C10H13N3O2S3. The molecule has 0 unspecified atom stereocenters. The zero-order chi connectivity index (χ0) is 13.3. The fourth-order valence-corrected chi connectivity index (χ4v) is 4.74. The van der Waals surface area contributed by atoms with E-state index in [1.165, 1.54) is 11.3 Å². The van der Waals surface area contributed by atoms with E-state index in [9.17, 15) is 8.42 Å². The molecule has 0 aliphatic carbocycles. The standard InChI is InChI=1S/C10H13N3O2S3/c1-6-3-4-16-8(6)5-12-18(14,15)9-7(2)13-10(11)17-9/h3-4,12H,5H2,1-2H3,(H2,11,13). The number of rotatable bonds is 4. The van der Waals surface area contributed by atoms with Gasteiger partial charge in [-0.2, -0.15) is 0 Å². The molecule has 0 bridgehead atoms. The molecule has 0 spiro atoms. The SMILES string of the molecule is Cc1ccsc1CNS(=O)(=O)c1sc(N)nc1C. The summed E-state index contributed by atoms with van der Waals surface area (Å²) in [5.74, 6) is 0. The summed E-state index contributed by atoms with van der Waals surface area (Å²) >= 11 is 2.51. The zero-order valence-electron chi connectivity index (χ0n) is 9.93. The average Bonchev–Trinajstić information content (AvgIpc) is 2.82. The molecule has 0 amide bonds. The Balaban J connectivity index is 2.18. The summed E-state index contributed by atoms with van der Waals surface area (Å²) in [6.07, 6.45) is 0. The van der Waals surface area contributed by atoms with Crippen LogP contribution in [-0.4, -0.2) is 13.4 Å². The lowest BCUT2D eigenvalue weighted by Gasteiger charge is -2.04. The Morgan fingerprint density at radius 3 is 2.67 bits per heavy atom. The first-order chi connectivity index (χ1) is 8.40. The number of thiazole rings is 1. The highest BCUT2D eigenvalue weighted by atomic mass is 32.2. The fourth-order valence-electron chi connectivity index (χ4n) is 1.46. The number of nitrogens with two attached hydrogens (primary N) is 1. The molecule has 0 aliphatic heterocycles. The van der Waals surface area contributed by atoms with Crippen LogP contribution in [0.15, 0.2) is 15.7 Å². The first-order valence-electron chi connectivity index (χ1n) is 5.15. The van der Waals surface area contributed by atoms with Gasteiger partial charge < -0.3 is 5.73 Å². The van der Waals surface area contributed by atoms with Crippen LogP contribution in [0.4, 0.5) is 5.13 Å². The van der Waals surface area contributed by atoms with Crippen molar-refractivity contribution < 1.29 is 8.42 Å². The molecule has 0 radical (unpaired) electrons. The number of aromatic nitrogens is 1. The lowest BCUT2D eigenvalue weighted by Crippen LogP contribution is -2.22. The minimum atomic E-state index is -3.53. The molecule has 18 heavy (non-hydrogen) atoms. The van der Waals surface area contributed by atoms with Crippen molar-refractivity contribution in [3.05, 3.63) is 27.6 Å². The van der Waals surface area contributed by atoms with E-state index in [1.807, 2.05) is 18.4 Å². The van der Waals surface area contributed by atoms with Crippen molar-refractivity contribution in [3.63, 3.8) is 0 Å². The minimum Gasteiger partial charge on any atom is -0.375 e. The quantitative estimate of drug-likeness (QED) is 0.903. The second kappa shape index (κ2) is 4.96. The van der Waals surface area contributed by atoms with E-state index in [0.29, 0.717) is 12.2 Å². The maximum atomic E-state index is 12.1. The number of anilines is 1. The number of nitrogens with one attached hydrogen (secondary N) is 1. The fraction of sp³-hybridized carbons (Fsp3) is 0.300.